The molecule has 0 aromatic heterocycles. The second kappa shape index (κ2) is 7.61. The van der Waals surface area contributed by atoms with Crippen LogP contribution in [0.3, 0.4) is 0 Å². The van der Waals surface area contributed by atoms with Gasteiger partial charge in [0.1, 0.15) is 0 Å². The molecule has 0 aliphatic carbocycles. The standard InChI is InChI=1S/C13H19ClN2O2S.ClH/c14-11-4-6-13(7-5-11)19(17,18)16-10-2-1-3-12(16)8-9-15;/h4-7,12H,1-3,8-10,15H2;1H. The third-order valence-electron chi connectivity index (χ3n) is 3.49. The number of hydrogen-bond donors (Lipinski definition) is 1. The van der Waals surface area contributed by atoms with Gasteiger partial charge in [-0.1, -0.05) is 18.0 Å². The molecule has 0 saturated carbocycles. The Balaban J connectivity index is 0.00000200. The molecule has 1 aliphatic heterocycles. The fourth-order valence-corrected chi connectivity index (χ4v) is 4.36. The van der Waals surface area contributed by atoms with Crippen LogP contribution in [0.2, 0.25) is 5.02 Å². The summed E-state index contributed by atoms with van der Waals surface area (Å²) < 4.78 is 26.9. The maximum Gasteiger partial charge on any atom is 0.243 e. The topological polar surface area (TPSA) is 63.4 Å². The Hall–Kier alpha value is -0.330. The molecule has 114 valence electrons. The molecule has 4 nitrogen and oxygen atoms in total. The van der Waals surface area contributed by atoms with Crippen LogP contribution in [0.4, 0.5) is 0 Å². The lowest BCUT2D eigenvalue weighted by atomic mass is 10.0. The van der Waals surface area contributed by atoms with E-state index >= 15 is 0 Å². The van der Waals surface area contributed by atoms with Crippen molar-refractivity contribution in [2.75, 3.05) is 13.1 Å². The van der Waals surface area contributed by atoms with E-state index in [0.29, 0.717) is 29.4 Å². The van der Waals surface area contributed by atoms with Gasteiger partial charge in [0.2, 0.25) is 10.0 Å². The van der Waals surface area contributed by atoms with Gasteiger partial charge in [-0.05, 0) is 50.1 Å². The third kappa shape index (κ3) is 3.86. The van der Waals surface area contributed by atoms with Crippen LogP contribution >= 0.6 is 24.0 Å². The van der Waals surface area contributed by atoms with Crippen LogP contribution in [-0.2, 0) is 10.0 Å². The van der Waals surface area contributed by atoms with Gasteiger partial charge in [0, 0.05) is 17.6 Å². The zero-order valence-corrected chi connectivity index (χ0v) is 13.6. The summed E-state index contributed by atoms with van der Waals surface area (Å²) >= 11 is 5.80. The predicted octanol–water partition coefficient (Wildman–Crippen LogP) is 2.65. The van der Waals surface area contributed by atoms with E-state index in [1.807, 2.05) is 0 Å². The van der Waals surface area contributed by atoms with E-state index in [1.54, 1.807) is 28.6 Å². The second-order valence-corrected chi connectivity index (χ2v) is 7.12. The molecule has 0 radical (unpaired) electrons. The van der Waals surface area contributed by atoms with Gasteiger partial charge >= 0.3 is 0 Å². The largest absolute Gasteiger partial charge is 0.330 e. The highest BCUT2D eigenvalue weighted by molar-refractivity contribution is 7.89. The lowest BCUT2D eigenvalue weighted by Crippen LogP contribution is -2.44. The SMILES string of the molecule is Cl.NCCC1CCCCN1S(=O)(=O)c1ccc(Cl)cc1. The van der Waals surface area contributed by atoms with E-state index in [4.69, 9.17) is 17.3 Å². The predicted molar refractivity (Wildman–Crippen MR) is 83.9 cm³/mol. The van der Waals surface area contributed by atoms with Gasteiger partial charge in [0.25, 0.3) is 0 Å². The van der Waals surface area contributed by atoms with E-state index in [2.05, 4.69) is 0 Å². The summed E-state index contributed by atoms with van der Waals surface area (Å²) in [5.74, 6) is 0. The van der Waals surface area contributed by atoms with Crippen molar-refractivity contribution in [3.63, 3.8) is 0 Å². The van der Waals surface area contributed by atoms with Gasteiger partial charge in [-0.3, -0.25) is 0 Å². The van der Waals surface area contributed by atoms with Crippen molar-refractivity contribution in [3.05, 3.63) is 29.3 Å². The number of piperidine rings is 1. The summed E-state index contributed by atoms with van der Waals surface area (Å²) in [5.41, 5.74) is 5.58. The molecule has 20 heavy (non-hydrogen) atoms. The van der Waals surface area contributed by atoms with Crippen LogP contribution in [0.5, 0.6) is 0 Å². The Morgan fingerprint density at radius 3 is 2.50 bits per heavy atom. The third-order valence-corrected chi connectivity index (χ3v) is 5.71. The van der Waals surface area contributed by atoms with E-state index in [1.165, 1.54) is 0 Å². The first kappa shape index (κ1) is 17.7. The van der Waals surface area contributed by atoms with E-state index in [-0.39, 0.29) is 18.4 Å². The number of halogens is 2. The monoisotopic (exact) mass is 338 g/mol. The Labute approximate surface area is 131 Å². The van der Waals surface area contributed by atoms with Gasteiger partial charge in [0.05, 0.1) is 4.90 Å². The van der Waals surface area contributed by atoms with E-state index < -0.39 is 10.0 Å². The number of nitrogens with zero attached hydrogens (tertiary/aromatic N) is 1. The van der Waals surface area contributed by atoms with Crippen LogP contribution in [0.15, 0.2) is 29.2 Å². The molecule has 1 unspecified atom stereocenters. The molecule has 0 spiro atoms. The first-order valence-electron chi connectivity index (χ1n) is 6.53. The Morgan fingerprint density at radius 1 is 1.25 bits per heavy atom. The van der Waals surface area contributed by atoms with Crippen molar-refractivity contribution in [1.29, 1.82) is 0 Å². The highest BCUT2D eigenvalue weighted by atomic mass is 35.5. The molecule has 2 N–H and O–H groups in total. The van der Waals surface area contributed by atoms with Crippen LogP contribution in [0.1, 0.15) is 25.7 Å². The number of benzene rings is 1. The molecule has 7 heteroatoms. The zero-order chi connectivity index (χ0) is 13.9. The average Bonchev–Trinajstić information content (AvgIpc) is 2.40. The van der Waals surface area contributed by atoms with Crippen molar-refractivity contribution in [1.82, 2.24) is 4.31 Å². The molecule has 1 fully saturated rings. The summed E-state index contributed by atoms with van der Waals surface area (Å²) in [5, 5.41) is 0.538. The molecule has 2 rings (SSSR count). The minimum absolute atomic E-state index is 0. The minimum atomic E-state index is -3.43. The molecule has 1 aliphatic rings. The van der Waals surface area contributed by atoms with E-state index in [9.17, 15) is 8.42 Å². The van der Waals surface area contributed by atoms with Crippen LogP contribution in [0, 0.1) is 0 Å². The van der Waals surface area contributed by atoms with Crippen molar-refractivity contribution in [2.24, 2.45) is 5.73 Å². The van der Waals surface area contributed by atoms with Gasteiger partial charge in [-0.2, -0.15) is 4.31 Å². The van der Waals surface area contributed by atoms with Crippen molar-refractivity contribution >= 4 is 34.0 Å². The quantitative estimate of drug-likeness (QED) is 0.917. The lowest BCUT2D eigenvalue weighted by molar-refractivity contribution is 0.243. The molecule has 0 bridgehead atoms. The molecule has 1 aromatic rings. The maximum absolute atomic E-state index is 12.6. The minimum Gasteiger partial charge on any atom is -0.330 e. The van der Waals surface area contributed by atoms with Gasteiger partial charge < -0.3 is 5.73 Å². The summed E-state index contributed by atoms with van der Waals surface area (Å²) in [6, 6.07) is 6.36. The van der Waals surface area contributed by atoms with Crippen molar-refractivity contribution < 1.29 is 8.42 Å². The fraction of sp³-hybridized carbons (Fsp3) is 0.538. The highest BCUT2D eigenvalue weighted by Crippen LogP contribution is 2.27. The molecule has 1 saturated heterocycles. The van der Waals surface area contributed by atoms with Crippen LogP contribution in [0.25, 0.3) is 0 Å². The first-order valence-corrected chi connectivity index (χ1v) is 8.35. The molecular weight excluding hydrogens is 319 g/mol. The zero-order valence-electron chi connectivity index (χ0n) is 11.2. The summed E-state index contributed by atoms with van der Waals surface area (Å²) in [4.78, 5) is 0.306. The van der Waals surface area contributed by atoms with E-state index in [0.717, 1.165) is 19.3 Å². The summed E-state index contributed by atoms with van der Waals surface area (Å²) in [7, 11) is -3.43. The summed E-state index contributed by atoms with van der Waals surface area (Å²) in [6.07, 6.45) is 3.59. The smallest absolute Gasteiger partial charge is 0.243 e. The molecule has 1 heterocycles. The fourth-order valence-electron chi connectivity index (χ4n) is 2.51. The second-order valence-electron chi connectivity index (χ2n) is 4.80. The number of hydrogen-bond acceptors (Lipinski definition) is 3. The molecular formula is C13H20Cl2N2O2S. The van der Waals surface area contributed by atoms with Crippen molar-refractivity contribution in [3.8, 4) is 0 Å². The Morgan fingerprint density at radius 2 is 1.90 bits per heavy atom. The summed E-state index contributed by atoms with van der Waals surface area (Å²) in [6.45, 7) is 1.09. The van der Waals surface area contributed by atoms with Gasteiger partial charge in [0.15, 0.2) is 0 Å². The molecule has 1 atom stereocenters. The lowest BCUT2D eigenvalue weighted by Gasteiger charge is -2.34. The number of nitrogens with two attached hydrogens (primary N) is 1. The van der Waals surface area contributed by atoms with Crippen LogP contribution in [-0.4, -0.2) is 31.9 Å². The molecule has 0 amide bonds. The Bertz CT molecular complexity index is 518. The maximum atomic E-state index is 12.6. The number of sulfonamides is 1. The van der Waals surface area contributed by atoms with Crippen molar-refractivity contribution in [2.45, 2.75) is 36.6 Å². The normalized spacial score (nSPS) is 20.4. The van der Waals surface area contributed by atoms with Gasteiger partial charge in [-0.25, -0.2) is 8.42 Å². The highest BCUT2D eigenvalue weighted by Gasteiger charge is 2.32. The number of rotatable bonds is 4. The molecule has 1 aromatic carbocycles. The Kier molecular flexibility index (Phi) is 6.75. The van der Waals surface area contributed by atoms with Crippen LogP contribution < -0.4 is 5.73 Å². The average molecular weight is 339 g/mol. The van der Waals surface area contributed by atoms with Gasteiger partial charge in [-0.15, -0.1) is 12.4 Å². The first-order chi connectivity index (χ1) is 9.05.